The second-order valence-electron chi connectivity index (χ2n) is 5.26. The SMILES string of the molecule is Cc1ccc2nc(COC(=O)c3cccc(C)n3)cc(=O)n2c1. The standard InChI is InChI=1S/C17H15N3O3/c1-11-6-7-15-19-13(8-16(21)20(15)9-11)10-23-17(22)14-5-3-4-12(2)18-14/h3-9H,10H2,1-2H3. The first kappa shape index (κ1) is 14.9. The number of ether oxygens (including phenoxy) is 1. The molecule has 3 heterocycles. The van der Waals surface area contributed by atoms with Crippen LogP contribution in [0.5, 0.6) is 0 Å². The molecule has 0 bridgehead atoms. The molecule has 0 aliphatic heterocycles. The summed E-state index contributed by atoms with van der Waals surface area (Å²) in [6, 6.07) is 10.1. The summed E-state index contributed by atoms with van der Waals surface area (Å²) < 4.78 is 6.65. The first-order chi connectivity index (χ1) is 11.0. The highest BCUT2D eigenvalue weighted by molar-refractivity contribution is 5.87. The third-order valence-electron chi connectivity index (χ3n) is 3.31. The number of nitrogens with zero attached hydrogens (tertiary/aromatic N) is 3. The minimum Gasteiger partial charge on any atom is -0.454 e. The summed E-state index contributed by atoms with van der Waals surface area (Å²) >= 11 is 0. The van der Waals surface area contributed by atoms with Gasteiger partial charge in [0.1, 0.15) is 17.9 Å². The number of pyridine rings is 2. The van der Waals surface area contributed by atoms with Crippen molar-refractivity contribution in [3.05, 3.63) is 75.6 Å². The predicted molar refractivity (Wildman–Crippen MR) is 84.3 cm³/mol. The fourth-order valence-corrected chi connectivity index (χ4v) is 2.20. The van der Waals surface area contributed by atoms with E-state index in [2.05, 4.69) is 9.97 Å². The summed E-state index contributed by atoms with van der Waals surface area (Å²) in [4.78, 5) is 32.5. The van der Waals surface area contributed by atoms with E-state index in [9.17, 15) is 9.59 Å². The van der Waals surface area contributed by atoms with Crippen LogP contribution in [-0.2, 0) is 11.3 Å². The van der Waals surface area contributed by atoms with Crippen LogP contribution in [0.2, 0.25) is 0 Å². The Morgan fingerprint density at radius 1 is 1.17 bits per heavy atom. The molecule has 0 radical (unpaired) electrons. The summed E-state index contributed by atoms with van der Waals surface area (Å²) in [5.41, 5.74) is 2.64. The Kier molecular flexibility index (Phi) is 3.89. The van der Waals surface area contributed by atoms with E-state index < -0.39 is 5.97 Å². The molecule has 0 saturated heterocycles. The topological polar surface area (TPSA) is 73.6 Å². The molecular weight excluding hydrogens is 294 g/mol. The van der Waals surface area contributed by atoms with Gasteiger partial charge in [0.15, 0.2) is 0 Å². The highest BCUT2D eigenvalue weighted by Gasteiger charge is 2.10. The summed E-state index contributed by atoms with van der Waals surface area (Å²) in [6.45, 7) is 3.62. The van der Waals surface area contributed by atoms with E-state index in [1.165, 1.54) is 10.5 Å². The van der Waals surface area contributed by atoms with Crippen molar-refractivity contribution in [1.82, 2.24) is 14.4 Å². The van der Waals surface area contributed by atoms with E-state index in [0.717, 1.165) is 11.3 Å². The molecule has 6 nitrogen and oxygen atoms in total. The van der Waals surface area contributed by atoms with Crippen LogP contribution >= 0.6 is 0 Å². The Morgan fingerprint density at radius 3 is 2.78 bits per heavy atom. The van der Waals surface area contributed by atoms with Crippen molar-refractivity contribution < 1.29 is 9.53 Å². The van der Waals surface area contributed by atoms with E-state index in [4.69, 9.17) is 4.74 Å². The number of aryl methyl sites for hydroxylation is 2. The van der Waals surface area contributed by atoms with E-state index >= 15 is 0 Å². The Hall–Kier alpha value is -3.02. The lowest BCUT2D eigenvalue weighted by atomic mass is 10.3. The number of rotatable bonds is 3. The van der Waals surface area contributed by atoms with Gasteiger partial charge in [-0.05, 0) is 37.6 Å². The zero-order valence-electron chi connectivity index (χ0n) is 12.8. The van der Waals surface area contributed by atoms with Crippen LogP contribution in [0.15, 0.2) is 47.4 Å². The zero-order valence-corrected chi connectivity index (χ0v) is 12.8. The van der Waals surface area contributed by atoms with E-state index in [1.807, 2.05) is 13.0 Å². The monoisotopic (exact) mass is 309 g/mol. The van der Waals surface area contributed by atoms with Crippen LogP contribution in [0.25, 0.3) is 5.65 Å². The van der Waals surface area contributed by atoms with Gasteiger partial charge in [-0.3, -0.25) is 9.20 Å². The third kappa shape index (κ3) is 3.26. The van der Waals surface area contributed by atoms with Crippen molar-refractivity contribution in [2.45, 2.75) is 20.5 Å². The molecule has 0 fully saturated rings. The van der Waals surface area contributed by atoms with Gasteiger partial charge in [0.05, 0.1) is 5.69 Å². The van der Waals surface area contributed by atoms with Gasteiger partial charge >= 0.3 is 5.97 Å². The Bertz CT molecular complexity index is 947. The van der Waals surface area contributed by atoms with Crippen LogP contribution < -0.4 is 5.56 Å². The molecule has 0 N–H and O–H groups in total. The third-order valence-corrected chi connectivity index (χ3v) is 3.31. The number of fused-ring (bicyclic) bond motifs is 1. The van der Waals surface area contributed by atoms with Crippen LogP contribution in [0, 0.1) is 13.8 Å². The molecular formula is C17H15N3O3. The highest BCUT2D eigenvalue weighted by atomic mass is 16.5. The molecule has 0 aliphatic carbocycles. The quantitative estimate of drug-likeness (QED) is 0.692. The van der Waals surface area contributed by atoms with Crippen LogP contribution in [0.1, 0.15) is 27.4 Å². The summed E-state index contributed by atoms with van der Waals surface area (Å²) in [6.07, 6.45) is 1.72. The predicted octanol–water partition coefficient (Wildman–Crippen LogP) is 2.06. The number of hydrogen-bond donors (Lipinski definition) is 0. The van der Waals surface area contributed by atoms with Gasteiger partial charge in [0, 0.05) is 18.0 Å². The van der Waals surface area contributed by atoms with Gasteiger partial charge in [-0.25, -0.2) is 14.8 Å². The fourth-order valence-electron chi connectivity index (χ4n) is 2.20. The van der Waals surface area contributed by atoms with Gasteiger partial charge in [0.25, 0.3) is 5.56 Å². The van der Waals surface area contributed by atoms with Crippen molar-refractivity contribution in [2.24, 2.45) is 0 Å². The Morgan fingerprint density at radius 2 is 2.00 bits per heavy atom. The van der Waals surface area contributed by atoms with Crippen LogP contribution in [-0.4, -0.2) is 20.3 Å². The number of hydrogen-bond acceptors (Lipinski definition) is 5. The maximum Gasteiger partial charge on any atom is 0.357 e. The lowest BCUT2D eigenvalue weighted by Crippen LogP contribution is -2.17. The molecule has 0 spiro atoms. The lowest BCUT2D eigenvalue weighted by Gasteiger charge is -2.06. The molecule has 23 heavy (non-hydrogen) atoms. The molecule has 3 aromatic rings. The van der Waals surface area contributed by atoms with Gasteiger partial charge in [0.2, 0.25) is 0 Å². The Balaban J connectivity index is 1.81. The average molecular weight is 309 g/mol. The molecule has 3 rings (SSSR count). The molecule has 0 amide bonds. The maximum absolute atomic E-state index is 12.1. The summed E-state index contributed by atoms with van der Waals surface area (Å²) in [5, 5.41) is 0. The average Bonchev–Trinajstić information content (AvgIpc) is 2.53. The first-order valence-electron chi connectivity index (χ1n) is 7.13. The maximum atomic E-state index is 12.1. The van der Waals surface area contributed by atoms with Crippen LogP contribution in [0.4, 0.5) is 0 Å². The van der Waals surface area contributed by atoms with Gasteiger partial charge in [-0.1, -0.05) is 12.1 Å². The molecule has 0 saturated carbocycles. The lowest BCUT2D eigenvalue weighted by molar-refractivity contribution is 0.0460. The fraction of sp³-hybridized carbons (Fsp3) is 0.176. The van der Waals surface area contributed by atoms with E-state index in [1.54, 1.807) is 37.4 Å². The van der Waals surface area contributed by atoms with E-state index in [-0.39, 0.29) is 17.9 Å². The van der Waals surface area contributed by atoms with Crippen molar-refractivity contribution in [1.29, 1.82) is 0 Å². The number of aromatic nitrogens is 3. The summed E-state index contributed by atoms with van der Waals surface area (Å²) in [7, 11) is 0. The van der Waals surface area contributed by atoms with Gasteiger partial charge in [-0.2, -0.15) is 0 Å². The number of esters is 1. The van der Waals surface area contributed by atoms with Gasteiger partial charge < -0.3 is 4.74 Å². The van der Waals surface area contributed by atoms with E-state index in [0.29, 0.717) is 11.3 Å². The van der Waals surface area contributed by atoms with Crippen molar-refractivity contribution in [3.63, 3.8) is 0 Å². The second kappa shape index (κ2) is 6.00. The number of carbonyl (C=O) groups excluding carboxylic acids is 1. The Labute approximate surface area is 132 Å². The smallest absolute Gasteiger partial charge is 0.357 e. The molecule has 0 aromatic carbocycles. The molecule has 6 heteroatoms. The van der Waals surface area contributed by atoms with Crippen LogP contribution in [0.3, 0.4) is 0 Å². The largest absolute Gasteiger partial charge is 0.454 e. The highest BCUT2D eigenvalue weighted by Crippen LogP contribution is 2.06. The summed E-state index contributed by atoms with van der Waals surface area (Å²) in [5.74, 6) is -0.542. The minimum absolute atomic E-state index is 0.0753. The second-order valence-corrected chi connectivity index (χ2v) is 5.26. The van der Waals surface area contributed by atoms with Gasteiger partial charge in [-0.15, -0.1) is 0 Å². The molecule has 3 aromatic heterocycles. The minimum atomic E-state index is -0.542. The van der Waals surface area contributed by atoms with Crippen molar-refractivity contribution in [3.8, 4) is 0 Å². The van der Waals surface area contributed by atoms with Crippen molar-refractivity contribution >= 4 is 11.6 Å². The van der Waals surface area contributed by atoms with Crippen molar-refractivity contribution in [2.75, 3.05) is 0 Å². The molecule has 0 aliphatic rings. The normalized spacial score (nSPS) is 10.7. The molecule has 0 unspecified atom stereocenters. The number of carbonyl (C=O) groups is 1. The zero-order chi connectivity index (χ0) is 16.4. The molecule has 0 atom stereocenters. The molecule has 116 valence electrons. The first-order valence-corrected chi connectivity index (χ1v) is 7.13.